The minimum atomic E-state index is -0.443. The van der Waals surface area contributed by atoms with Crippen LogP contribution in [-0.4, -0.2) is 53.8 Å². The van der Waals surface area contributed by atoms with Crippen molar-refractivity contribution in [2.75, 3.05) is 26.2 Å². The fraction of sp³-hybridized carbons (Fsp3) is 0.529. The molecule has 2 aromatic heterocycles. The Hall–Kier alpha value is -1.15. The van der Waals surface area contributed by atoms with Crippen LogP contribution in [0.25, 0.3) is 9.40 Å². The van der Waals surface area contributed by atoms with E-state index in [2.05, 4.69) is 0 Å². The first-order chi connectivity index (χ1) is 11.5. The van der Waals surface area contributed by atoms with Gasteiger partial charge < -0.3 is 15.5 Å². The molecular formula is C17H24ClN3O2S2. The highest BCUT2D eigenvalue weighted by molar-refractivity contribution is 7.27. The minimum Gasteiger partial charge on any atom is -0.338 e. The lowest BCUT2D eigenvalue weighted by atomic mass is 9.98. The number of fused-ring (bicyclic) bond motifs is 1. The van der Waals surface area contributed by atoms with Crippen molar-refractivity contribution in [1.82, 2.24) is 9.80 Å². The van der Waals surface area contributed by atoms with Crippen molar-refractivity contribution < 1.29 is 9.59 Å². The molecule has 138 valence electrons. The van der Waals surface area contributed by atoms with Crippen LogP contribution in [0.15, 0.2) is 17.5 Å². The van der Waals surface area contributed by atoms with Crippen molar-refractivity contribution in [2.24, 2.45) is 11.7 Å². The summed E-state index contributed by atoms with van der Waals surface area (Å²) in [4.78, 5) is 29.5. The van der Waals surface area contributed by atoms with Gasteiger partial charge in [0.15, 0.2) is 0 Å². The standard InChI is InChI=1S/C17H23N3O2S2.ClH/c1-3-11(2)15(18)17(22)20-7-5-19(6-8-20)16(21)14-10-13-12(24-14)4-9-23-13;/h4,9-11,15H,3,5-8,18H2,1-2H3;1H. The normalized spacial score (nSPS) is 17.2. The highest BCUT2D eigenvalue weighted by atomic mass is 35.5. The molecule has 0 bridgehead atoms. The van der Waals surface area contributed by atoms with E-state index in [0.29, 0.717) is 26.2 Å². The van der Waals surface area contributed by atoms with Gasteiger partial charge in [0.2, 0.25) is 5.91 Å². The number of piperazine rings is 1. The smallest absolute Gasteiger partial charge is 0.264 e. The third-order valence-electron chi connectivity index (χ3n) is 4.77. The molecule has 1 aliphatic rings. The molecule has 2 N–H and O–H groups in total. The quantitative estimate of drug-likeness (QED) is 0.856. The average molecular weight is 402 g/mol. The van der Waals surface area contributed by atoms with Gasteiger partial charge in [-0.2, -0.15) is 0 Å². The molecule has 0 spiro atoms. The lowest BCUT2D eigenvalue weighted by Gasteiger charge is -2.36. The minimum absolute atomic E-state index is 0. The molecule has 1 fully saturated rings. The second-order valence-corrected chi connectivity index (χ2v) is 8.32. The maximum Gasteiger partial charge on any atom is 0.264 e. The number of carbonyl (C=O) groups excluding carboxylic acids is 2. The van der Waals surface area contributed by atoms with Gasteiger partial charge in [0.1, 0.15) is 0 Å². The van der Waals surface area contributed by atoms with Crippen molar-refractivity contribution >= 4 is 56.3 Å². The number of halogens is 1. The lowest BCUT2D eigenvalue weighted by Crippen LogP contribution is -2.55. The van der Waals surface area contributed by atoms with E-state index in [1.165, 1.54) is 0 Å². The molecule has 0 radical (unpaired) electrons. The molecule has 2 amide bonds. The summed E-state index contributed by atoms with van der Waals surface area (Å²) in [6.45, 7) is 6.32. The summed E-state index contributed by atoms with van der Waals surface area (Å²) < 4.78 is 2.33. The van der Waals surface area contributed by atoms with E-state index < -0.39 is 6.04 Å². The van der Waals surface area contributed by atoms with Crippen molar-refractivity contribution in [1.29, 1.82) is 0 Å². The maximum atomic E-state index is 12.6. The van der Waals surface area contributed by atoms with E-state index in [0.717, 1.165) is 20.7 Å². The molecule has 5 nitrogen and oxygen atoms in total. The summed E-state index contributed by atoms with van der Waals surface area (Å²) in [5.41, 5.74) is 6.05. The summed E-state index contributed by atoms with van der Waals surface area (Å²) in [5, 5.41) is 2.04. The number of rotatable bonds is 4. The summed E-state index contributed by atoms with van der Waals surface area (Å²) in [5.74, 6) is 0.256. The molecule has 2 unspecified atom stereocenters. The van der Waals surface area contributed by atoms with Crippen LogP contribution in [0.2, 0.25) is 0 Å². The molecular weight excluding hydrogens is 378 g/mol. The second-order valence-electron chi connectivity index (χ2n) is 6.29. The first kappa shape index (κ1) is 20.2. The van der Waals surface area contributed by atoms with Gasteiger partial charge >= 0.3 is 0 Å². The molecule has 8 heteroatoms. The molecule has 3 heterocycles. The number of thiophene rings is 2. The van der Waals surface area contributed by atoms with Crippen molar-refractivity contribution in [2.45, 2.75) is 26.3 Å². The molecule has 0 saturated carbocycles. The average Bonchev–Trinajstić information content (AvgIpc) is 3.21. The molecule has 2 atom stereocenters. The van der Waals surface area contributed by atoms with Gasteiger partial charge in [0, 0.05) is 35.6 Å². The van der Waals surface area contributed by atoms with Crippen LogP contribution in [0, 0.1) is 5.92 Å². The predicted molar refractivity (Wildman–Crippen MR) is 107 cm³/mol. The molecule has 25 heavy (non-hydrogen) atoms. The highest BCUT2D eigenvalue weighted by Crippen LogP contribution is 2.30. The van der Waals surface area contributed by atoms with Crippen LogP contribution in [0.5, 0.6) is 0 Å². The Balaban J connectivity index is 0.00000225. The highest BCUT2D eigenvalue weighted by Gasteiger charge is 2.30. The zero-order valence-corrected chi connectivity index (χ0v) is 16.9. The molecule has 3 rings (SSSR count). The van der Waals surface area contributed by atoms with Crippen LogP contribution in [0.3, 0.4) is 0 Å². The van der Waals surface area contributed by atoms with Gasteiger partial charge in [-0.25, -0.2) is 0 Å². The fourth-order valence-electron chi connectivity index (χ4n) is 2.87. The van der Waals surface area contributed by atoms with Gasteiger partial charge in [0.05, 0.1) is 10.9 Å². The van der Waals surface area contributed by atoms with Crippen LogP contribution < -0.4 is 5.73 Å². The van der Waals surface area contributed by atoms with Crippen molar-refractivity contribution in [3.05, 3.63) is 22.4 Å². The lowest BCUT2D eigenvalue weighted by molar-refractivity contribution is -0.135. The number of hydrogen-bond acceptors (Lipinski definition) is 5. The Labute approximate surface area is 162 Å². The number of nitrogens with two attached hydrogens (primary N) is 1. The molecule has 0 aromatic carbocycles. The van der Waals surface area contributed by atoms with Gasteiger partial charge in [0.25, 0.3) is 5.91 Å². The van der Waals surface area contributed by atoms with E-state index in [1.807, 2.05) is 36.3 Å². The third kappa shape index (κ3) is 4.16. The summed E-state index contributed by atoms with van der Waals surface area (Å²) >= 11 is 3.20. The number of carbonyl (C=O) groups is 2. The van der Waals surface area contributed by atoms with Crippen LogP contribution in [0.1, 0.15) is 29.9 Å². The zero-order chi connectivity index (χ0) is 17.3. The second kappa shape index (κ2) is 8.49. The molecule has 2 aromatic rings. The fourth-order valence-corrected chi connectivity index (χ4v) is 4.94. The van der Waals surface area contributed by atoms with Gasteiger partial charge in [-0.3, -0.25) is 9.59 Å². The van der Waals surface area contributed by atoms with E-state index >= 15 is 0 Å². The zero-order valence-electron chi connectivity index (χ0n) is 14.4. The largest absolute Gasteiger partial charge is 0.338 e. The number of hydrogen-bond donors (Lipinski definition) is 1. The Bertz CT molecular complexity index is 709. The van der Waals surface area contributed by atoms with E-state index in [4.69, 9.17) is 5.73 Å². The van der Waals surface area contributed by atoms with Crippen LogP contribution >= 0.6 is 35.1 Å². The van der Waals surface area contributed by atoms with Crippen LogP contribution in [-0.2, 0) is 4.79 Å². The van der Waals surface area contributed by atoms with Crippen molar-refractivity contribution in [3.8, 4) is 0 Å². The summed E-state index contributed by atoms with van der Waals surface area (Å²) in [6.07, 6.45) is 0.890. The SMILES string of the molecule is CCC(C)C(N)C(=O)N1CCN(C(=O)c2cc3sccc3s2)CC1.Cl. The number of nitrogens with zero attached hydrogens (tertiary/aromatic N) is 2. The summed E-state index contributed by atoms with van der Waals surface area (Å²) in [6, 6.07) is 3.58. The molecule has 1 saturated heterocycles. The maximum absolute atomic E-state index is 12.6. The van der Waals surface area contributed by atoms with Gasteiger partial charge in [-0.05, 0) is 23.4 Å². The summed E-state index contributed by atoms with van der Waals surface area (Å²) in [7, 11) is 0. The Kier molecular flexibility index (Phi) is 6.85. The Morgan fingerprint density at radius 3 is 2.44 bits per heavy atom. The molecule has 1 aliphatic heterocycles. The molecule has 0 aliphatic carbocycles. The van der Waals surface area contributed by atoms with Gasteiger partial charge in [-0.1, -0.05) is 20.3 Å². The Morgan fingerprint density at radius 1 is 1.20 bits per heavy atom. The van der Waals surface area contributed by atoms with E-state index in [1.54, 1.807) is 27.6 Å². The third-order valence-corrected chi connectivity index (χ3v) is 6.85. The first-order valence-corrected chi connectivity index (χ1v) is 10.0. The predicted octanol–water partition coefficient (Wildman–Crippen LogP) is 3.04. The van der Waals surface area contributed by atoms with Gasteiger partial charge in [-0.15, -0.1) is 35.1 Å². The topological polar surface area (TPSA) is 66.6 Å². The first-order valence-electron chi connectivity index (χ1n) is 8.32. The van der Waals surface area contributed by atoms with Crippen molar-refractivity contribution in [3.63, 3.8) is 0 Å². The van der Waals surface area contributed by atoms with E-state index in [9.17, 15) is 9.59 Å². The number of amides is 2. The Morgan fingerprint density at radius 2 is 1.84 bits per heavy atom. The monoisotopic (exact) mass is 401 g/mol. The van der Waals surface area contributed by atoms with E-state index in [-0.39, 0.29) is 30.1 Å². The van der Waals surface area contributed by atoms with Crippen LogP contribution in [0.4, 0.5) is 0 Å².